The molecule has 8 heteroatoms. The van der Waals surface area contributed by atoms with Gasteiger partial charge in [-0.25, -0.2) is 13.1 Å². The minimum atomic E-state index is -4.07. The number of sulfonamides is 1. The average molecular weight is 350 g/mol. The van der Waals surface area contributed by atoms with Crippen molar-refractivity contribution in [1.29, 1.82) is 0 Å². The Morgan fingerprint density at radius 1 is 1.08 bits per heavy atom. The van der Waals surface area contributed by atoms with E-state index in [4.69, 9.17) is 10.5 Å². The van der Waals surface area contributed by atoms with Crippen LogP contribution in [0.1, 0.15) is 6.92 Å². The highest BCUT2D eigenvalue weighted by Gasteiger charge is 2.24. The third-order valence-corrected chi connectivity index (χ3v) is 4.53. The highest BCUT2D eigenvalue weighted by atomic mass is 32.2. The van der Waals surface area contributed by atoms with Gasteiger partial charge in [0.25, 0.3) is 15.9 Å². The van der Waals surface area contributed by atoms with Crippen molar-refractivity contribution in [2.24, 2.45) is 5.73 Å². The summed E-state index contributed by atoms with van der Waals surface area (Å²) in [7, 11) is -4.07. The van der Waals surface area contributed by atoms with Crippen LogP contribution in [0.15, 0.2) is 59.5 Å². The van der Waals surface area contributed by atoms with Gasteiger partial charge in [-0.2, -0.15) is 0 Å². The van der Waals surface area contributed by atoms with E-state index in [0.717, 1.165) is 0 Å². The number of nitrogens with two attached hydrogens (primary N) is 1. The molecule has 1 amide bonds. The Labute approximate surface area is 140 Å². The molecule has 4 N–H and O–H groups in total. The van der Waals surface area contributed by atoms with Crippen molar-refractivity contribution in [3.63, 3.8) is 0 Å². The van der Waals surface area contributed by atoms with Crippen molar-refractivity contribution in [1.82, 2.24) is 4.72 Å². The van der Waals surface area contributed by atoms with Crippen LogP contribution in [0.2, 0.25) is 0 Å². The molecule has 0 aromatic heterocycles. The van der Waals surface area contributed by atoms with E-state index in [1.807, 2.05) is 22.9 Å². The molecule has 2 aromatic rings. The second-order valence-electron chi connectivity index (χ2n) is 5.12. The quantitative estimate of drug-likeness (QED) is 0.715. The summed E-state index contributed by atoms with van der Waals surface area (Å²) >= 11 is 0. The van der Waals surface area contributed by atoms with Crippen LogP contribution in [-0.4, -0.2) is 31.6 Å². The third-order valence-electron chi connectivity index (χ3n) is 3.17. The summed E-state index contributed by atoms with van der Waals surface area (Å²) in [6, 6.07) is 13.2. The Bertz CT molecular complexity index is 789. The molecule has 0 aliphatic carbocycles. The summed E-state index contributed by atoms with van der Waals surface area (Å²) < 4.78 is 31.7. The molecule has 0 saturated heterocycles. The molecule has 0 fully saturated rings. The summed E-state index contributed by atoms with van der Waals surface area (Å²) in [6.07, 6.45) is -1.16. The van der Waals surface area contributed by atoms with Crippen LogP contribution in [0.25, 0.3) is 0 Å². The molecule has 0 aliphatic heterocycles. The van der Waals surface area contributed by atoms with E-state index in [9.17, 15) is 18.3 Å². The molecule has 7 nitrogen and oxygen atoms in total. The van der Waals surface area contributed by atoms with Gasteiger partial charge in [0.15, 0.2) is 0 Å². The highest BCUT2D eigenvalue weighted by molar-refractivity contribution is 7.90. The molecule has 0 unspecified atom stereocenters. The van der Waals surface area contributed by atoms with Gasteiger partial charge in [-0.3, -0.25) is 4.79 Å². The first-order chi connectivity index (χ1) is 11.3. The van der Waals surface area contributed by atoms with Crippen LogP contribution >= 0.6 is 0 Å². The first-order valence-electron chi connectivity index (χ1n) is 7.13. The van der Waals surface area contributed by atoms with Crippen LogP contribution in [0.3, 0.4) is 0 Å². The summed E-state index contributed by atoms with van der Waals surface area (Å²) in [5, 5.41) is 9.24. The fourth-order valence-corrected chi connectivity index (χ4v) is 2.80. The van der Waals surface area contributed by atoms with Crippen molar-refractivity contribution >= 4 is 15.9 Å². The number of amides is 1. The van der Waals surface area contributed by atoms with Gasteiger partial charge in [0, 0.05) is 0 Å². The number of hydrogen-bond donors (Lipinski definition) is 3. The third kappa shape index (κ3) is 4.54. The van der Waals surface area contributed by atoms with E-state index >= 15 is 0 Å². The van der Waals surface area contributed by atoms with Crippen LogP contribution < -0.4 is 15.2 Å². The lowest BCUT2D eigenvalue weighted by Crippen LogP contribution is -2.48. The van der Waals surface area contributed by atoms with Crippen molar-refractivity contribution in [2.45, 2.75) is 24.0 Å². The predicted octanol–water partition coefficient (Wildman–Crippen LogP) is 0.992. The van der Waals surface area contributed by atoms with E-state index in [-0.39, 0.29) is 4.90 Å². The Hall–Kier alpha value is -2.42. The maximum Gasteiger partial charge on any atom is 0.264 e. The molecule has 2 atom stereocenters. The SMILES string of the molecule is C[C@@H](O)[C@H](N)C(=O)NS(=O)(=O)c1ccc(Oc2ccccc2)cc1. The van der Waals surface area contributed by atoms with Crippen molar-refractivity contribution in [3.05, 3.63) is 54.6 Å². The molecule has 0 bridgehead atoms. The normalized spacial score (nSPS) is 13.8. The van der Waals surface area contributed by atoms with Gasteiger partial charge < -0.3 is 15.6 Å². The highest BCUT2D eigenvalue weighted by Crippen LogP contribution is 2.22. The smallest absolute Gasteiger partial charge is 0.264 e. The van der Waals surface area contributed by atoms with Crippen LogP contribution in [-0.2, 0) is 14.8 Å². The molecule has 0 radical (unpaired) electrons. The number of benzene rings is 2. The van der Waals surface area contributed by atoms with E-state index < -0.39 is 28.1 Å². The number of carbonyl (C=O) groups excluding carboxylic acids is 1. The Morgan fingerprint density at radius 3 is 2.17 bits per heavy atom. The first-order valence-corrected chi connectivity index (χ1v) is 8.61. The number of nitrogens with one attached hydrogen (secondary N) is 1. The fourth-order valence-electron chi connectivity index (χ4n) is 1.79. The van der Waals surface area contributed by atoms with Gasteiger partial charge >= 0.3 is 0 Å². The lowest BCUT2D eigenvalue weighted by molar-refractivity contribution is -0.122. The van der Waals surface area contributed by atoms with Gasteiger partial charge in [0.05, 0.1) is 11.0 Å². The van der Waals surface area contributed by atoms with E-state index in [1.165, 1.54) is 31.2 Å². The standard InChI is InChI=1S/C16H18N2O5S/c1-11(19)15(17)16(20)18-24(21,22)14-9-7-13(8-10-14)23-12-5-3-2-4-6-12/h2-11,15,19H,17H2,1H3,(H,18,20)/t11-,15+/m1/s1. The molecule has 0 spiro atoms. The molecule has 2 aromatic carbocycles. The molecular weight excluding hydrogens is 332 g/mol. The largest absolute Gasteiger partial charge is 0.457 e. The summed E-state index contributed by atoms with van der Waals surface area (Å²) in [5.41, 5.74) is 5.41. The number of ether oxygens (including phenoxy) is 1. The molecule has 24 heavy (non-hydrogen) atoms. The Balaban J connectivity index is 2.10. The number of hydrogen-bond acceptors (Lipinski definition) is 6. The minimum Gasteiger partial charge on any atom is -0.457 e. The van der Waals surface area contributed by atoms with Crippen molar-refractivity contribution < 1.29 is 23.1 Å². The number of aliphatic hydroxyl groups is 1. The number of carbonyl (C=O) groups is 1. The van der Waals surface area contributed by atoms with Crippen LogP contribution in [0.5, 0.6) is 11.5 Å². The molecular formula is C16H18N2O5S. The molecule has 0 aliphatic rings. The molecule has 128 valence electrons. The molecule has 2 rings (SSSR count). The average Bonchev–Trinajstić information content (AvgIpc) is 2.55. The maximum absolute atomic E-state index is 12.1. The van der Waals surface area contributed by atoms with Crippen molar-refractivity contribution in [3.8, 4) is 11.5 Å². The zero-order chi connectivity index (χ0) is 17.7. The first kappa shape index (κ1) is 17.9. The summed E-state index contributed by atoms with van der Waals surface area (Å²) in [6.45, 7) is 1.30. The number of rotatable bonds is 6. The van der Waals surface area contributed by atoms with Gasteiger partial charge in [0.2, 0.25) is 0 Å². The topological polar surface area (TPSA) is 119 Å². The zero-order valence-electron chi connectivity index (χ0n) is 12.9. The second kappa shape index (κ2) is 7.43. The van der Waals surface area contributed by atoms with E-state index in [0.29, 0.717) is 11.5 Å². The van der Waals surface area contributed by atoms with Crippen LogP contribution in [0.4, 0.5) is 0 Å². The minimum absolute atomic E-state index is 0.117. The maximum atomic E-state index is 12.1. The summed E-state index contributed by atoms with van der Waals surface area (Å²) in [4.78, 5) is 11.6. The Morgan fingerprint density at radius 2 is 1.62 bits per heavy atom. The monoisotopic (exact) mass is 350 g/mol. The number of para-hydroxylation sites is 1. The second-order valence-corrected chi connectivity index (χ2v) is 6.81. The fraction of sp³-hybridized carbons (Fsp3) is 0.188. The Kier molecular flexibility index (Phi) is 5.55. The number of aliphatic hydroxyl groups excluding tert-OH is 1. The van der Waals surface area contributed by atoms with Gasteiger partial charge in [-0.1, -0.05) is 18.2 Å². The lowest BCUT2D eigenvalue weighted by Gasteiger charge is -2.14. The van der Waals surface area contributed by atoms with Gasteiger partial charge in [-0.15, -0.1) is 0 Å². The molecule has 0 heterocycles. The lowest BCUT2D eigenvalue weighted by atomic mass is 10.2. The molecule has 0 saturated carbocycles. The van der Waals surface area contributed by atoms with Gasteiger partial charge in [0.1, 0.15) is 17.5 Å². The van der Waals surface area contributed by atoms with Crippen molar-refractivity contribution in [2.75, 3.05) is 0 Å². The summed E-state index contributed by atoms with van der Waals surface area (Å²) in [5.74, 6) is 0.0890. The van der Waals surface area contributed by atoms with Crippen LogP contribution in [0, 0.1) is 0 Å². The van der Waals surface area contributed by atoms with E-state index in [2.05, 4.69) is 0 Å². The van der Waals surface area contributed by atoms with Gasteiger partial charge in [-0.05, 0) is 43.3 Å². The zero-order valence-corrected chi connectivity index (χ0v) is 13.7. The predicted molar refractivity (Wildman–Crippen MR) is 87.9 cm³/mol. The van der Waals surface area contributed by atoms with E-state index in [1.54, 1.807) is 12.1 Å².